The first kappa shape index (κ1) is 25.4. The largest absolute Gasteiger partial charge is 0.159 e. The number of benzene rings is 2. The smallest absolute Gasteiger partial charge is 0.0568 e. The molecule has 1 aliphatic rings. The van der Waals surface area contributed by atoms with E-state index in [0.717, 1.165) is 23.0 Å². The van der Waals surface area contributed by atoms with Crippen LogP contribution < -0.4 is 0 Å². The van der Waals surface area contributed by atoms with Crippen molar-refractivity contribution in [3.05, 3.63) is 70.8 Å². The molecule has 0 unspecified atom stereocenters. The second kappa shape index (κ2) is 14.8. The zero-order valence-corrected chi connectivity index (χ0v) is 21.0. The average molecular weight is 445 g/mol. The number of hydrogen-bond acceptors (Lipinski definition) is 2. The second-order valence-electron chi connectivity index (χ2n) is 9.92. The normalized spacial score (nSPS) is 19.0. The fraction of sp³-hybridized carbons (Fsp3) is 0.548. The van der Waals surface area contributed by atoms with Crippen molar-refractivity contribution in [1.82, 2.24) is 0 Å². The highest BCUT2D eigenvalue weighted by Gasteiger charge is 2.21. The van der Waals surface area contributed by atoms with Gasteiger partial charge in [0.25, 0.3) is 0 Å². The van der Waals surface area contributed by atoms with Crippen LogP contribution in [0.25, 0.3) is 0 Å². The monoisotopic (exact) mass is 444 g/mol. The van der Waals surface area contributed by atoms with Gasteiger partial charge in [-0.2, -0.15) is 10.2 Å². The Morgan fingerprint density at radius 2 is 1.24 bits per heavy atom. The van der Waals surface area contributed by atoms with Crippen LogP contribution in [0.3, 0.4) is 0 Å². The van der Waals surface area contributed by atoms with Crippen LogP contribution in [-0.4, -0.2) is 12.4 Å². The first-order valence-electron chi connectivity index (χ1n) is 13.5. The van der Waals surface area contributed by atoms with Crippen molar-refractivity contribution in [1.29, 1.82) is 0 Å². The minimum Gasteiger partial charge on any atom is -0.159 e. The van der Waals surface area contributed by atoms with Gasteiger partial charge in [-0.3, -0.25) is 0 Å². The lowest BCUT2D eigenvalue weighted by atomic mass is 9.77. The fourth-order valence-electron chi connectivity index (χ4n) is 5.05. The Morgan fingerprint density at radius 1 is 0.667 bits per heavy atom. The van der Waals surface area contributed by atoms with Gasteiger partial charge in [-0.25, -0.2) is 0 Å². The number of unbranched alkanes of at least 4 members (excludes halogenated alkanes) is 5. The lowest BCUT2D eigenvalue weighted by Crippen LogP contribution is -2.13. The number of nitrogens with zero attached hydrogens (tertiary/aromatic N) is 2. The zero-order valence-electron chi connectivity index (χ0n) is 21.0. The Hall–Kier alpha value is -2.22. The zero-order chi connectivity index (χ0) is 23.1. The quantitative estimate of drug-likeness (QED) is 0.167. The lowest BCUT2D eigenvalue weighted by Gasteiger charge is -2.29. The Morgan fingerprint density at radius 3 is 1.85 bits per heavy atom. The van der Waals surface area contributed by atoms with Gasteiger partial charge in [0, 0.05) is 0 Å². The van der Waals surface area contributed by atoms with Gasteiger partial charge in [0.15, 0.2) is 0 Å². The third-order valence-electron chi connectivity index (χ3n) is 7.25. The van der Waals surface area contributed by atoms with Crippen LogP contribution in [0.4, 0.5) is 0 Å². The highest BCUT2D eigenvalue weighted by molar-refractivity contribution is 5.82. The van der Waals surface area contributed by atoms with E-state index in [1.54, 1.807) is 0 Å². The van der Waals surface area contributed by atoms with E-state index >= 15 is 0 Å². The average Bonchev–Trinajstić information content (AvgIpc) is 2.86. The van der Waals surface area contributed by atoms with Crippen molar-refractivity contribution in [2.75, 3.05) is 0 Å². The lowest BCUT2D eigenvalue weighted by molar-refractivity contribution is 0.302. The number of rotatable bonds is 13. The van der Waals surface area contributed by atoms with Crippen LogP contribution in [0.1, 0.15) is 119 Å². The van der Waals surface area contributed by atoms with Crippen molar-refractivity contribution < 1.29 is 0 Å². The maximum atomic E-state index is 4.26. The minimum atomic E-state index is 0.742. The topological polar surface area (TPSA) is 24.7 Å². The summed E-state index contributed by atoms with van der Waals surface area (Å²) >= 11 is 0. The molecule has 0 aliphatic heterocycles. The van der Waals surface area contributed by atoms with Crippen molar-refractivity contribution in [2.45, 2.75) is 103 Å². The van der Waals surface area contributed by atoms with Crippen LogP contribution in [-0.2, 0) is 6.42 Å². The summed E-state index contributed by atoms with van der Waals surface area (Å²) in [4.78, 5) is 0. The van der Waals surface area contributed by atoms with Crippen LogP contribution in [0.2, 0.25) is 0 Å². The molecular formula is C31H44N2. The van der Waals surface area contributed by atoms with Gasteiger partial charge in [0.05, 0.1) is 12.4 Å². The number of hydrogen-bond donors (Lipinski definition) is 0. The van der Waals surface area contributed by atoms with Gasteiger partial charge in [-0.15, -0.1) is 0 Å². The summed E-state index contributed by atoms with van der Waals surface area (Å²) in [7, 11) is 0. The van der Waals surface area contributed by atoms with Crippen molar-refractivity contribution >= 4 is 12.4 Å². The van der Waals surface area contributed by atoms with E-state index < -0.39 is 0 Å². The van der Waals surface area contributed by atoms with Gasteiger partial charge in [-0.05, 0) is 72.6 Å². The van der Waals surface area contributed by atoms with E-state index in [1.807, 2.05) is 12.4 Å². The molecule has 2 nitrogen and oxygen atoms in total. The summed E-state index contributed by atoms with van der Waals surface area (Å²) in [6.07, 6.45) is 21.3. The van der Waals surface area contributed by atoms with Gasteiger partial charge in [0.1, 0.15) is 0 Å². The molecule has 0 heterocycles. The minimum absolute atomic E-state index is 0.742. The molecule has 0 spiro atoms. The van der Waals surface area contributed by atoms with Gasteiger partial charge < -0.3 is 0 Å². The Labute approximate surface area is 202 Å². The molecule has 1 saturated carbocycles. The predicted octanol–water partition coefficient (Wildman–Crippen LogP) is 9.12. The highest BCUT2D eigenvalue weighted by Crippen LogP contribution is 2.37. The summed E-state index contributed by atoms with van der Waals surface area (Å²) in [5.41, 5.74) is 5.12. The highest BCUT2D eigenvalue weighted by atomic mass is 15.2. The van der Waals surface area contributed by atoms with Crippen LogP contribution in [0.15, 0.2) is 58.7 Å². The summed E-state index contributed by atoms with van der Waals surface area (Å²) < 4.78 is 0. The molecule has 2 heteroatoms. The van der Waals surface area contributed by atoms with Gasteiger partial charge in [0.2, 0.25) is 0 Å². The SMILES string of the molecule is CCCCCCC1CCC(c2ccc(/C=N/N=C/c3ccc(CCCCC)cc3)cc2)CC1. The summed E-state index contributed by atoms with van der Waals surface area (Å²) in [6, 6.07) is 17.7. The molecule has 0 aromatic heterocycles. The standard InChI is InChI=1S/C31H44N2/c1-3-5-7-9-11-27-16-20-30(21-17-27)31-22-18-29(19-23-31)25-33-32-24-28-14-12-26(13-15-28)10-8-6-4-2/h12-15,18-19,22-25,27,30H,3-11,16-17,20-21H2,1-2H3/b32-24+,33-25+. The van der Waals surface area contributed by atoms with Gasteiger partial charge in [-0.1, -0.05) is 107 Å². The first-order valence-corrected chi connectivity index (χ1v) is 13.5. The molecule has 1 fully saturated rings. The summed E-state index contributed by atoms with van der Waals surface area (Å²) in [5, 5.41) is 8.50. The van der Waals surface area contributed by atoms with Crippen molar-refractivity contribution in [3.8, 4) is 0 Å². The van der Waals surface area contributed by atoms with E-state index in [4.69, 9.17) is 0 Å². The molecule has 0 amide bonds. The number of aryl methyl sites for hydroxylation is 1. The molecule has 0 atom stereocenters. The summed E-state index contributed by atoms with van der Waals surface area (Å²) in [6.45, 7) is 4.54. The van der Waals surface area contributed by atoms with E-state index in [-0.39, 0.29) is 0 Å². The Bertz CT molecular complexity index is 824. The molecule has 2 aromatic carbocycles. The predicted molar refractivity (Wildman–Crippen MR) is 145 cm³/mol. The second-order valence-corrected chi connectivity index (χ2v) is 9.92. The van der Waals surface area contributed by atoms with Gasteiger partial charge >= 0.3 is 0 Å². The Balaban J connectivity index is 1.40. The molecule has 2 aromatic rings. The first-order chi connectivity index (χ1) is 16.3. The third-order valence-corrected chi connectivity index (χ3v) is 7.25. The molecule has 0 bridgehead atoms. The maximum absolute atomic E-state index is 4.26. The van der Waals surface area contributed by atoms with E-state index in [2.05, 4.69) is 72.6 Å². The van der Waals surface area contributed by atoms with E-state index in [0.29, 0.717) is 0 Å². The molecule has 1 aliphatic carbocycles. The molecular weight excluding hydrogens is 400 g/mol. The molecule has 3 rings (SSSR count). The fourth-order valence-corrected chi connectivity index (χ4v) is 5.05. The van der Waals surface area contributed by atoms with E-state index in [1.165, 1.54) is 94.6 Å². The van der Waals surface area contributed by atoms with Crippen LogP contribution >= 0.6 is 0 Å². The molecule has 178 valence electrons. The molecule has 0 saturated heterocycles. The van der Waals surface area contributed by atoms with Crippen LogP contribution in [0, 0.1) is 5.92 Å². The maximum Gasteiger partial charge on any atom is 0.0568 e. The molecule has 33 heavy (non-hydrogen) atoms. The van der Waals surface area contributed by atoms with Crippen molar-refractivity contribution in [2.24, 2.45) is 16.1 Å². The molecule has 0 radical (unpaired) electrons. The van der Waals surface area contributed by atoms with Crippen LogP contribution in [0.5, 0.6) is 0 Å². The third kappa shape index (κ3) is 9.27. The van der Waals surface area contributed by atoms with E-state index in [9.17, 15) is 0 Å². The summed E-state index contributed by atoms with van der Waals surface area (Å²) in [5.74, 6) is 1.71. The van der Waals surface area contributed by atoms with Crippen molar-refractivity contribution in [3.63, 3.8) is 0 Å². The Kier molecular flexibility index (Phi) is 11.4. The molecule has 0 N–H and O–H groups in total.